The lowest BCUT2D eigenvalue weighted by Gasteiger charge is -2.08. The first-order chi connectivity index (χ1) is 8.58. The molecule has 2 rings (SSSR count). The van der Waals surface area contributed by atoms with E-state index in [1.807, 2.05) is 0 Å². The molecule has 0 aliphatic rings. The third-order valence-corrected chi connectivity index (χ3v) is 3.46. The van der Waals surface area contributed by atoms with E-state index in [1.54, 1.807) is 0 Å². The Morgan fingerprint density at radius 3 is 2.72 bits per heavy atom. The molecule has 0 spiro atoms. The van der Waals surface area contributed by atoms with Crippen molar-refractivity contribution in [2.45, 2.75) is 6.54 Å². The fourth-order valence-electron chi connectivity index (χ4n) is 1.31. The van der Waals surface area contributed by atoms with Crippen molar-refractivity contribution in [3.63, 3.8) is 0 Å². The lowest BCUT2D eigenvalue weighted by molar-refractivity contribution is 0.507. The van der Waals surface area contributed by atoms with Crippen molar-refractivity contribution < 1.29 is 8.78 Å². The maximum Gasteiger partial charge on any atom is 0.159 e. The molecule has 0 radical (unpaired) electrons. The Labute approximate surface area is 115 Å². The van der Waals surface area contributed by atoms with Crippen LogP contribution in [0.4, 0.5) is 14.6 Å². The van der Waals surface area contributed by atoms with Gasteiger partial charge in [-0.1, -0.05) is 17.7 Å². The van der Waals surface area contributed by atoms with Crippen LogP contribution in [0.3, 0.4) is 0 Å². The summed E-state index contributed by atoms with van der Waals surface area (Å²) in [6.07, 6.45) is 1.31. The molecule has 94 valence electrons. The molecule has 0 fully saturated rings. The van der Waals surface area contributed by atoms with E-state index >= 15 is 0 Å². The largest absolute Gasteiger partial charge is 0.365 e. The SMILES string of the molecule is Fc1ccc(CNc2ncnc(Cl)c2Br)cc1F. The number of nitrogens with one attached hydrogen (secondary N) is 1. The van der Waals surface area contributed by atoms with E-state index in [2.05, 4.69) is 31.2 Å². The predicted molar refractivity (Wildman–Crippen MR) is 68.4 cm³/mol. The number of halogens is 4. The molecule has 7 heteroatoms. The lowest BCUT2D eigenvalue weighted by Crippen LogP contribution is -2.03. The van der Waals surface area contributed by atoms with Crippen molar-refractivity contribution in [3.05, 3.63) is 51.4 Å². The van der Waals surface area contributed by atoms with Crippen molar-refractivity contribution in [3.8, 4) is 0 Å². The van der Waals surface area contributed by atoms with Crippen LogP contribution in [0.15, 0.2) is 29.0 Å². The summed E-state index contributed by atoms with van der Waals surface area (Å²) in [5.41, 5.74) is 0.593. The number of anilines is 1. The first-order valence-corrected chi connectivity index (χ1v) is 6.09. The van der Waals surface area contributed by atoms with Crippen molar-refractivity contribution >= 4 is 33.3 Å². The Balaban J connectivity index is 2.11. The van der Waals surface area contributed by atoms with Crippen LogP contribution in [0.25, 0.3) is 0 Å². The standard InChI is InChI=1S/C11H7BrClF2N3/c12-9-10(13)17-5-18-11(9)16-4-6-1-2-7(14)8(15)3-6/h1-3,5H,4H2,(H,16,17,18). The molecule has 1 N–H and O–H groups in total. The molecule has 0 unspecified atom stereocenters. The van der Waals surface area contributed by atoms with Gasteiger partial charge in [0.05, 0.1) is 4.47 Å². The molecule has 0 saturated heterocycles. The molecule has 1 aromatic heterocycles. The summed E-state index contributed by atoms with van der Waals surface area (Å²) < 4.78 is 26.3. The summed E-state index contributed by atoms with van der Waals surface area (Å²) in [5.74, 6) is -1.26. The molecular weight excluding hydrogens is 327 g/mol. The van der Waals surface area contributed by atoms with Crippen LogP contribution in [-0.2, 0) is 6.54 Å². The van der Waals surface area contributed by atoms with Gasteiger partial charge in [0.2, 0.25) is 0 Å². The van der Waals surface area contributed by atoms with Gasteiger partial charge in [0.15, 0.2) is 11.6 Å². The minimum absolute atomic E-state index is 0.276. The molecule has 0 amide bonds. The van der Waals surface area contributed by atoms with Gasteiger partial charge in [0.1, 0.15) is 17.3 Å². The number of nitrogens with zero attached hydrogens (tertiary/aromatic N) is 2. The number of hydrogen-bond acceptors (Lipinski definition) is 3. The van der Waals surface area contributed by atoms with Crippen molar-refractivity contribution in [2.24, 2.45) is 0 Å². The first-order valence-electron chi connectivity index (χ1n) is 4.91. The molecule has 0 bridgehead atoms. The van der Waals surface area contributed by atoms with Crippen molar-refractivity contribution in [2.75, 3.05) is 5.32 Å². The van der Waals surface area contributed by atoms with Crippen molar-refractivity contribution in [1.29, 1.82) is 0 Å². The number of hydrogen-bond donors (Lipinski definition) is 1. The van der Waals surface area contributed by atoms with Gasteiger partial charge in [0.25, 0.3) is 0 Å². The van der Waals surface area contributed by atoms with Gasteiger partial charge in [-0.05, 0) is 33.6 Å². The second-order valence-corrected chi connectivity index (χ2v) is 4.58. The summed E-state index contributed by atoms with van der Waals surface area (Å²) >= 11 is 9.02. The van der Waals surface area contributed by atoms with Crippen molar-refractivity contribution in [1.82, 2.24) is 9.97 Å². The highest BCUT2D eigenvalue weighted by Crippen LogP contribution is 2.26. The fraction of sp³-hybridized carbons (Fsp3) is 0.0909. The van der Waals surface area contributed by atoms with E-state index in [0.29, 0.717) is 22.4 Å². The van der Waals surface area contributed by atoms with Crippen LogP contribution in [0.2, 0.25) is 5.15 Å². The molecule has 0 aliphatic heterocycles. The third kappa shape index (κ3) is 2.94. The molecule has 18 heavy (non-hydrogen) atoms. The fourth-order valence-corrected chi connectivity index (χ4v) is 1.79. The Kier molecular flexibility index (Phi) is 4.08. The van der Waals surface area contributed by atoms with Crippen LogP contribution < -0.4 is 5.32 Å². The minimum Gasteiger partial charge on any atom is -0.365 e. The van der Waals surface area contributed by atoms with E-state index in [0.717, 1.165) is 12.1 Å². The highest BCUT2D eigenvalue weighted by molar-refractivity contribution is 9.10. The average molecular weight is 335 g/mol. The van der Waals surface area contributed by atoms with Gasteiger partial charge >= 0.3 is 0 Å². The minimum atomic E-state index is -0.880. The van der Waals surface area contributed by atoms with Gasteiger partial charge in [-0.15, -0.1) is 0 Å². The maximum atomic E-state index is 13.0. The third-order valence-electron chi connectivity index (χ3n) is 2.19. The molecule has 1 aromatic carbocycles. The number of aromatic nitrogens is 2. The van der Waals surface area contributed by atoms with Crippen LogP contribution in [-0.4, -0.2) is 9.97 Å². The monoisotopic (exact) mass is 333 g/mol. The Bertz CT molecular complexity index is 580. The molecule has 0 saturated carbocycles. The van der Waals surface area contributed by atoms with Crippen LogP contribution in [0.5, 0.6) is 0 Å². The van der Waals surface area contributed by atoms with Gasteiger partial charge in [-0.2, -0.15) is 0 Å². The summed E-state index contributed by atoms with van der Waals surface area (Å²) in [4.78, 5) is 7.75. The number of benzene rings is 1. The molecule has 1 heterocycles. The average Bonchev–Trinajstić information content (AvgIpc) is 2.35. The van der Waals surface area contributed by atoms with E-state index in [4.69, 9.17) is 11.6 Å². The van der Waals surface area contributed by atoms with Crippen LogP contribution in [0.1, 0.15) is 5.56 Å². The predicted octanol–water partition coefficient (Wildman–Crippen LogP) is 3.78. The smallest absolute Gasteiger partial charge is 0.159 e. The normalized spacial score (nSPS) is 10.4. The van der Waals surface area contributed by atoms with E-state index in [-0.39, 0.29) is 5.15 Å². The van der Waals surface area contributed by atoms with E-state index < -0.39 is 11.6 Å². The Hall–Kier alpha value is -1.27. The zero-order valence-electron chi connectivity index (χ0n) is 8.92. The zero-order chi connectivity index (χ0) is 13.1. The molecule has 2 aromatic rings. The van der Waals surface area contributed by atoms with Gasteiger partial charge in [0, 0.05) is 6.54 Å². The molecular formula is C11H7BrClF2N3. The molecule has 0 aliphatic carbocycles. The maximum absolute atomic E-state index is 13.0. The number of rotatable bonds is 3. The topological polar surface area (TPSA) is 37.8 Å². The summed E-state index contributed by atoms with van der Waals surface area (Å²) in [7, 11) is 0. The Morgan fingerprint density at radius 2 is 2.00 bits per heavy atom. The van der Waals surface area contributed by atoms with Crippen LogP contribution >= 0.6 is 27.5 Å². The quantitative estimate of drug-likeness (QED) is 0.868. The zero-order valence-corrected chi connectivity index (χ0v) is 11.3. The summed E-state index contributed by atoms with van der Waals surface area (Å²) in [6.45, 7) is 0.295. The van der Waals surface area contributed by atoms with Gasteiger partial charge in [-0.3, -0.25) is 0 Å². The van der Waals surface area contributed by atoms with Crippen LogP contribution in [0, 0.1) is 11.6 Å². The first kappa shape index (κ1) is 13.2. The summed E-state index contributed by atoms with van der Waals surface area (Å²) in [5, 5.41) is 3.22. The van der Waals surface area contributed by atoms with E-state index in [1.165, 1.54) is 12.4 Å². The second-order valence-electron chi connectivity index (χ2n) is 3.43. The Morgan fingerprint density at radius 1 is 1.22 bits per heavy atom. The van der Waals surface area contributed by atoms with Gasteiger partial charge in [-0.25, -0.2) is 18.7 Å². The second kappa shape index (κ2) is 5.58. The highest BCUT2D eigenvalue weighted by atomic mass is 79.9. The highest BCUT2D eigenvalue weighted by Gasteiger charge is 2.07. The summed E-state index contributed by atoms with van der Waals surface area (Å²) in [6, 6.07) is 3.69. The lowest BCUT2D eigenvalue weighted by atomic mass is 10.2. The molecule has 0 atom stereocenters. The van der Waals surface area contributed by atoms with E-state index in [9.17, 15) is 8.78 Å². The van der Waals surface area contributed by atoms with Gasteiger partial charge < -0.3 is 5.32 Å². The molecule has 3 nitrogen and oxygen atoms in total.